The van der Waals surface area contributed by atoms with E-state index in [0.717, 1.165) is 16.6 Å². The summed E-state index contributed by atoms with van der Waals surface area (Å²) in [7, 11) is 0. The van der Waals surface area contributed by atoms with Crippen molar-refractivity contribution in [2.75, 3.05) is 0 Å². The van der Waals surface area contributed by atoms with Gasteiger partial charge in [-0.05, 0) is 95.7 Å². The molecule has 9 aromatic rings. The first-order valence-corrected chi connectivity index (χ1v) is 14.1. The van der Waals surface area contributed by atoms with E-state index in [4.69, 9.17) is 4.42 Å². The quantitative estimate of drug-likeness (QED) is 0.163. The van der Waals surface area contributed by atoms with Crippen molar-refractivity contribution in [3.05, 3.63) is 146 Å². The van der Waals surface area contributed by atoms with Crippen LogP contribution in [0.5, 0.6) is 0 Å². The average molecular weight is 521 g/mol. The van der Waals surface area contributed by atoms with Crippen molar-refractivity contribution in [3.8, 4) is 22.3 Å². The van der Waals surface area contributed by atoms with Gasteiger partial charge in [0.2, 0.25) is 0 Å². The van der Waals surface area contributed by atoms with Gasteiger partial charge in [0.25, 0.3) is 0 Å². The van der Waals surface area contributed by atoms with Crippen LogP contribution in [0.3, 0.4) is 0 Å². The summed E-state index contributed by atoms with van der Waals surface area (Å²) in [5.41, 5.74) is 6.73. The highest BCUT2D eigenvalue weighted by Gasteiger charge is 2.18. The Morgan fingerprint density at radius 3 is 2.00 bits per heavy atom. The maximum atomic E-state index is 6.56. The molecule has 0 aliphatic heterocycles. The van der Waals surface area contributed by atoms with E-state index in [0.29, 0.717) is 0 Å². The molecule has 0 fully saturated rings. The van der Waals surface area contributed by atoms with E-state index in [9.17, 15) is 0 Å². The van der Waals surface area contributed by atoms with Gasteiger partial charge in [-0.1, -0.05) is 115 Å². The molecule has 1 heterocycles. The Bertz CT molecular complexity index is 2460. The third-order valence-electron chi connectivity index (χ3n) is 8.60. The van der Waals surface area contributed by atoms with Crippen LogP contribution in [-0.4, -0.2) is 0 Å². The summed E-state index contributed by atoms with van der Waals surface area (Å²) in [6, 6.07) is 52.6. The molecule has 1 aromatic heterocycles. The van der Waals surface area contributed by atoms with Crippen LogP contribution in [0.2, 0.25) is 0 Å². The number of benzene rings is 8. The summed E-state index contributed by atoms with van der Waals surface area (Å²) in [5, 5.41) is 12.3. The molecule has 1 nitrogen and oxygen atoms in total. The second-order valence-corrected chi connectivity index (χ2v) is 10.9. The highest BCUT2D eigenvalue weighted by molar-refractivity contribution is 6.25. The summed E-state index contributed by atoms with van der Waals surface area (Å²) in [4.78, 5) is 0. The molecule has 0 aliphatic carbocycles. The Morgan fingerprint density at radius 2 is 1.10 bits per heavy atom. The van der Waals surface area contributed by atoms with Crippen molar-refractivity contribution in [1.82, 2.24) is 0 Å². The first-order chi connectivity index (χ1) is 20.3. The lowest BCUT2D eigenvalue weighted by Crippen LogP contribution is -1.88. The molecule has 0 atom stereocenters. The minimum Gasteiger partial charge on any atom is -0.456 e. The molecule has 41 heavy (non-hydrogen) atoms. The molecule has 190 valence electrons. The molecular weight excluding hydrogens is 496 g/mol. The molecular formula is C40H24O. The van der Waals surface area contributed by atoms with Crippen LogP contribution in [0.25, 0.3) is 87.3 Å². The molecule has 0 aliphatic rings. The molecule has 9 rings (SSSR count). The fourth-order valence-electron chi connectivity index (χ4n) is 6.70. The second kappa shape index (κ2) is 8.55. The fourth-order valence-corrected chi connectivity index (χ4v) is 6.70. The van der Waals surface area contributed by atoms with E-state index in [1.807, 2.05) is 0 Å². The summed E-state index contributed by atoms with van der Waals surface area (Å²) >= 11 is 0. The largest absolute Gasteiger partial charge is 0.456 e. The normalized spacial score (nSPS) is 11.9. The molecule has 0 amide bonds. The summed E-state index contributed by atoms with van der Waals surface area (Å²) < 4.78 is 6.56. The van der Waals surface area contributed by atoms with E-state index in [1.165, 1.54) is 70.7 Å². The van der Waals surface area contributed by atoms with Gasteiger partial charge in [-0.25, -0.2) is 0 Å². The first kappa shape index (κ1) is 22.4. The summed E-state index contributed by atoms with van der Waals surface area (Å²) in [6.45, 7) is 0. The summed E-state index contributed by atoms with van der Waals surface area (Å²) in [6.07, 6.45) is 0. The van der Waals surface area contributed by atoms with Gasteiger partial charge in [-0.15, -0.1) is 0 Å². The third-order valence-corrected chi connectivity index (χ3v) is 8.60. The zero-order chi connectivity index (χ0) is 26.9. The lowest BCUT2D eigenvalue weighted by molar-refractivity contribution is 0.669. The minimum atomic E-state index is 0.915. The predicted octanol–water partition coefficient (Wildman–Crippen LogP) is 11.5. The van der Waals surface area contributed by atoms with Crippen LogP contribution in [0.15, 0.2) is 150 Å². The van der Waals surface area contributed by atoms with Crippen LogP contribution < -0.4 is 0 Å². The molecule has 0 unspecified atom stereocenters. The highest BCUT2D eigenvalue weighted by atomic mass is 16.3. The Morgan fingerprint density at radius 1 is 0.341 bits per heavy atom. The Labute approximate surface area is 236 Å². The molecule has 0 saturated carbocycles. The van der Waals surface area contributed by atoms with Crippen molar-refractivity contribution in [2.24, 2.45) is 0 Å². The van der Waals surface area contributed by atoms with E-state index in [-0.39, 0.29) is 0 Å². The Kier molecular flexibility index (Phi) is 4.67. The number of fused-ring (bicyclic) bond motifs is 8. The molecule has 0 saturated heterocycles. The van der Waals surface area contributed by atoms with Crippen molar-refractivity contribution in [1.29, 1.82) is 0 Å². The molecule has 0 spiro atoms. The van der Waals surface area contributed by atoms with Crippen LogP contribution >= 0.6 is 0 Å². The van der Waals surface area contributed by atoms with Crippen LogP contribution in [0.4, 0.5) is 0 Å². The molecule has 0 N–H and O–H groups in total. The van der Waals surface area contributed by atoms with Gasteiger partial charge in [0.15, 0.2) is 0 Å². The van der Waals surface area contributed by atoms with Gasteiger partial charge in [0.05, 0.1) is 0 Å². The topological polar surface area (TPSA) is 13.1 Å². The maximum Gasteiger partial charge on any atom is 0.136 e. The molecule has 1 heteroatoms. The first-order valence-electron chi connectivity index (χ1n) is 14.1. The fraction of sp³-hybridized carbons (Fsp3) is 0. The van der Waals surface area contributed by atoms with E-state index in [1.54, 1.807) is 0 Å². The number of hydrogen-bond donors (Lipinski definition) is 0. The van der Waals surface area contributed by atoms with Gasteiger partial charge in [0.1, 0.15) is 11.2 Å². The van der Waals surface area contributed by atoms with Crippen molar-refractivity contribution < 1.29 is 4.42 Å². The van der Waals surface area contributed by atoms with Gasteiger partial charge in [-0.3, -0.25) is 0 Å². The SMILES string of the molecule is c1ccc(-c2ccc3cc4c(cc3c2)oc2cccc(-c3c5ccccc5cc5c3ccc3ccccc35)c24)cc1. The van der Waals surface area contributed by atoms with Crippen molar-refractivity contribution in [3.63, 3.8) is 0 Å². The highest BCUT2D eigenvalue weighted by Crippen LogP contribution is 2.45. The number of hydrogen-bond acceptors (Lipinski definition) is 1. The second-order valence-electron chi connectivity index (χ2n) is 10.9. The van der Waals surface area contributed by atoms with Crippen LogP contribution in [-0.2, 0) is 0 Å². The van der Waals surface area contributed by atoms with Crippen molar-refractivity contribution >= 4 is 65.0 Å². The summed E-state index contributed by atoms with van der Waals surface area (Å²) in [5.74, 6) is 0. The lowest BCUT2D eigenvalue weighted by Gasteiger charge is -2.15. The lowest BCUT2D eigenvalue weighted by atomic mass is 9.88. The van der Waals surface area contributed by atoms with Gasteiger partial charge >= 0.3 is 0 Å². The van der Waals surface area contributed by atoms with Crippen LogP contribution in [0.1, 0.15) is 0 Å². The number of rotatable bonds is 2. The van der Waals surface area contributed by atoms with Gasteiger partial charge in [-0.2, -0.15) is 0 Å². The minimum absolute atomic E-state index is 0.915. The Hall–Kier alpha value is -5.40. The third kappa shape index (κ3) is 3.36. The predicted molar refractivity (Wildman–Crippen MR) is 175 cm³/mol. The van der Waals surface area contributed by atoms with Crippen LogP contribution in [0, 0.1) is 0 Å². The van der Waals surface area contributed by atoms with E-state index < -0.39 is 0 Å². The Balaban J connectivity index is 1.37. The molecule has 0 bridgehead atoms. The maximum absolute atomic E-state index is 6.56. The van der Waals surface area contributed by atoms with E-state index in [2.05, 4.69) is 146 Å². The van der Waals surface area contributed by atoms with Crippen molar-refractivity contribution in [2.45, 2.75) is 0 Å². The molecule has 0 radical (unpaired) electrons. The zero-order valence-electron chi connectivity index (χ0n) is 22.3. The van der Waals surface area contributed by atoms with Gasteiger partial charge < -0.3 is 4.42 Å². The standard InChI is InChI=1S/C40H24O/c1-2-9-25(10-3-1)27-17-18-28-22-36-38(24-30(28)21-27)41-37-16-8-15-34(40(36)37)39-32-14-7-5-12-29(32)23-35-31-13-6-4-11-26(31)19-20-33(35)39/h1-24H. The monoisotopic (exact) mass is 520 g/mol. The van der Waals surface area contributed by atoms with E-state index >= 15 is 0 Å². The molecule has 8 aromatic carbocycles. The number of furan rings is 1. The zero-order valence-corrected chi connectivity index (χ0v) is 22.3. The van der Waals surface area contributed by atoms with Gasteiger partial charge in [0, 0.05) is 10.8 Å². The smallest absolute Gasteiger partial charge is 0.136 e. The average Bonchev–Trinajstić information content (AvgIpc) is 3.40.